The molecule has 32 heavy (non-hydrogen) atoms. The fourth-order valence-corrected chi connectivity index (χ4v) is 6.18. The number of benzene rings is 2. The molecule has 2 unspecified atom stereocenters. The predicted molar refractivity (Wildman–Crippen MR) is 128 cm³/mol. The molecule has 0 radical (unpaired) electrons. The zero-order valence-corrected chi connectivity index (χ0v) is 19.9. The van der Waals surface area contributed by atoms with Gasteiger partial charge in [0.25, 0.3) is 0 Å². The van der Waals surface area contributed by atoms with Gasteiger partial charge in [-0.2, -0.15) is 0 Å². The van der Waals surface area contributed by atoms with E-state index in [-0.39, 0.29) is 17.7 Å². The van der Waals surface area contributed by atoms with Crippen molar-refractivity contribution in [3.63, 3.8) is 0 Å². The number of fused-ring (bicyclic) bond motifs is 3. The number of carbonyl (C=O) groups excluding carboxylic acids is 1. The predicted octanol–water partition coefficient (Wildman–Crippen LogP) is 6.21. The number of ether oxygens (including phenoxy) is 1. The third-order valence-corrected chi connectivity index (χ3v) is 7.64. The zero-order chi connectivity index (χ0) is 22.2. The molecule has 0 aliphatic carbocycles. The number of halogens is 2. The molecule has 0 amide bonds. The monoisotopic (exact) mass is 498 g/mol. The number of hydrogen-bond donors (Lipinski definition) is 0. The summed E-state index contributed by atoms with van der Waals surface area (Å²) >= 11 is 3.67. The first-order valence-electron chi connectivity index (χ1n) is 11.5. The second-order valence-electron chi connectivity index (χ2n) is 9.07. The molecule has 2 aliphatic rings. The van der Waals surface area contributed by atoms with E-state index in [1.165, 1.54) is 25.0 Å². The second kappa shape index (κ2) is 8.99. The third-order valence-electron chi connectivity index (χ3n) is 7.00. The number of carbonyl (C=O) groups is 1. The van der Waals surface area contributed by atoms with Crippen LogP contribution in [0.1, 0.15) is 49.4 Å². The van der Waals surface area contributed by atoms with Crippen LogP contribution in [0.4, 0.5) is 4.39 Å². The van der Waals surface area contributed by atoms with Crippen LogP contribution in [0.15, 0.2) is 53.1 Å². The summed E-state index contributed by atoms with van der Waals surface area (Å²) in [5.41, 5.74) is 1.90. The Labute approximate surface area is 196 Å². The van der Waals surface area contributed by atoms with Crippen molar-refractivity contribution in [2.75, 3.05) is 6.54 Å². The summed E-state index contributed by atoms with van der Waals surface area (Å²) in [6.45, 7) is 3.58. The molecule has 2 aromatic carbocycles. The van der Waals surface area contributed by atoms with Crippen molar-refractivity contribution in [2.24, 2.45) is 0 Å². The number of nitrogens with zero attached hydrogens (tertiary/aromatic N) is 2. The molecule has 3 aromatic rings. The van der Waals surface area contributed by atoms with E-state index in [1.807, 2.05) is 24.4 Å². The Morgan fingerprint density at radius 2 is 1.81 bits per heavy atom. The maximum Gasteiger partial charge on any atom is 0.161 e. The summed E-state index contributed by atoms with van der Waals surface area (Å²) < 4.78 is 22.6. The average Bonchev–Trinajstić information content (AvgIpc) is 3.25. The molecule has 0 N–H and O–H groups in total. The molecule has 0 saturated carbocycles. The zero-order valence-electron chi connectivity index (χ0n) is 18.3. The molecule has 2 atom stereocenters. The van der Waals surface area contributed by atoms with Crippen molar-refractivity contribution in [1.29, 1.82) is 0 Å². The van der Waals surface area contributed by atoms with E-state index in [1.54, 1.807) is 19.1 Å². The SMILES string of the molecule is CC(=O)c1cn(CCCN2C3CCC2CC(Oc2ccc(F)cc2)C3)c2c(Br)cccc12. The minimum Gasteiger partial charge on any atom is -0.490 e. The minimum absolute atomic E-state index is 0.105. The van der Waals surface area contributed by atoms with Crippen molar-refractivity contribution < 1.29 is 13.9 Å². The second-order valence-corrected chi connectivity index (χ2v) is 9.92. The Kier molecular flexibility index (Phi) is 6.08. The van der Waals surface area contributed by atoms with Gasteiger partial charge >= 0.3 is 0 Å². The quantitative estimate of drug-likeness (QED) is 0.363. The molecule has 4 nitrogen and oxygen atoms in total. The smallest absolute Gasteiger partial charge is 0.161 e. The van der Waals surface area contributed by atoms with E-state index in [0.717, 1.165) is 59.0 Å². The Hall–Kier alpha value is -2.18. The van der Waals surface area contributed by atoms with Gasteiger partial charge in [-0.05, 0) is 85.3 Å². The largest absolute Gasteiger partial charge is 0.490 e. The van der Waals surface area contributed by atoms with E-state index < -0.39 is 0 Å². The normalized spacial score (nSPS) is 23.0. The van der Waals surface area contributed by atoms with Crippen LogP contribution in [0.5, 0.6) is 5.75 Å². The van der Waals surface area contributed by atoms with Crippen molar-refractivity contribution in [1.82, 2.24) is 9.47 Å². The Morgan fingerprint density at radius 1 is 1.09 bits per heavy atom. The lowest BCUT2D eigenvalue weighted by molar-refractivity contribution is 0.0481. The summed E-state index contributed by atoms with van der Waals surface area (Å²) in [6, 6.07) is 13.5. The summed E-state index contributed by atoms with van der Waals surface area (Å²) in [6.07, 6.45) is 7.76. The molecular weight excluding hydrogens is 471 g/mol. The van der Waals surface area contributed by atoms with Gasteiger partial charge in [0.2, 0.25) is 0 Å². The van der Waals surface area contributed by atoms with Crippen LogP contribution in [0, 0.1) is 5.82 Å². The number of para-hydroxylation sites is 1. The number of Topliss-reactive ketones (excluding diaryl/α,β-unsaturated/α-hetero) is 1. The van der Waals surface area contributed by atoms with E-state index in [4.69, 9.17) is 4.74 Å². The van der Waals surface area contributed by atoms with Crippen molar-refractivity contribution in [2.45, 2.75) is 63.8 Å². The lowest BCUT2D eigenvalue weighted by Crippen LogP contribution is -2.46. The first-order chi connectivity index (χ1) is 15.5. The molecule has 0 spiro atoms. The Morgan fingerprint density at radius 3 is 2.50 bits per heavy atom. The fourth-order valence-electron chi connectivity index (χ4n) is 5.59. The summed E-state index contributed by atoms with van der Waals surface area (Å²) in [5, 5.41) is 1.02. The highest BCUT2D eigenvalue weighted by Crippen LogP contribution is 2.37. The molecule has 168 valence electrons. The lowest BCUT2D eigenvalue weighted by atomic mass is 9.99. The molecule has 6 heteroatoms. The molecule has 2 aliphatic heterocycles. The van der Waals surface area contributed by atoms with E-state index >= 15 is 0 Å². The maximum atomic E-state index is 13.2. The topological polar surface area (TPSA) is 34.5 Å². The molecule has 5 rings (SSSR count). The average molecular weight is 499 g/mol. The number of hydrogen-bond acceptors (Lipinski definition) is 3. The first-order valence-corrected chi connectivity index (χ1v) is 12.2. The van der Waals surface area contributed by atoms with Gasteiger partial charge in [0.1, 0.15) is 17.7 Å². The standard InChI is InChI=1S/C26H28BrFN2O2/c1-17(31)24-16-29(26-23(24)4-2-5-25(26)27)12-3-13-30-19-8-9-20(30)15-22(14-19)32-21-10-6-18(28)7-11-21/h2,4-7,10-11,16,19-20,22H,3,8-9,12-15H2,1H3. The third kappa shape index (κ3) is 4.23. The van der Waals surface area contributed by atoms with Crippen LogP contribution in [0.2, 0.25) is 0 Å². The van der Waals surface area contributed by atoms with Crippen LogP contribution < -0.4 is 4.74 Å². The highest BCUT2D eigenvalue weighted by atomic mass is 79.9. The van der Waals surface area contributed by atoms with E-state index in [2.05, 4.69) is 25.4 Å². The molecule has 1 aromatic heterocycles. The van der Waals surface area contributed by atoms with E-state index in [0.29, 0.717) is 12.1 Å². The number of rotatable bonds is 7. The van der Waals surface area contributed by atoms with E-state index in [9.17, 15) is 9.18 Å². The van der Waals surface area contributed by atoms with Crippen molar-refractivity contribution in [3.05, 3.63) is 64.5 Å². The number of piperidine rings is 1. The van der Waals surface area contributed by atoms with Crippen LogP contribution in [0.3, 0.4) is 0 Å². The van der Waals surface area contributed by atoms with Crippen molar-refractivity contribution in [3.8, 4) is 5.75 Å². The summed E-state index contributed by atoms with van der Waals surface area (Å²) in [7, 11) is 0. The molecular formula is C26H28BrFN2O2. The highest BCUT2D eigenvalue weighted by molar-refractivity contribution is 9.10. The van der Waals surface area contributed by atoms with Crippen LogP contribution in [-0.2, 0) is 6.54 Å². The van der Waals surface area contributed by atoms with Gasteiger partial charge in [-0.3, -0.25) is 9.69 Å². The Bertz CT molecular complexity index is 1110. The molecule has 2 saturated heterocycles. The van der Waals surface area contributed by atoms with Gasteiger partial charge in [-0.15, -0.1) is 0 Å². The number of ketones is 1. The van der Waals surface area contributed by atoms with Gasteiger partial charge in [0.05, 0.1) is 5.52 Å². The summed E-state index contributed by atoms with van der Waals surface area (Å²) in [4.78, 5) is 14.8. The van der Waals surface area contributed by atoms with Crippen LogP contribution in [0.25, 0.3) is 10.9 Å². The van der Waals surface area contributed by atoms with Gasteiger partial charge < -0.3 is 9.30 Å². The Balaban J connectivity index is 1.22. The number of aromatic nitrogens is 1. The van der Waals surface area contributed by atoms with Gasteiger partial charge in [-0.25, -0.2) is 4.39 Å². The molecule has 2 bridgehead atoms. The number of aryl methyl sites for hydroxylation is 1. The van der Waals surface area contributed by atoms with Gasteiger partial charge in [0.15, 0.2) is 5.78 Å². The van der Waals surface area contributed by atoms with Crippen molar-refractivity contribution >= 4 is 32.6 Å². The maximum absolute atomic E-state index is 13.2. The fraction of sp³-hybridized carbons (Fsp3) is 0.423. The minimum atomic E-state index is -0.231. The van der Waals surface area contributed by atoms with Gasteiger partial charge in [0, 0.05) is 46.8 Å². The van der Waals surface area contributed by atoms with Gasteiger partial charge in [-0.1, -0.05) is 12.1 Å². The van der Waals surface area contributed by atoms with Crippen LogP contribution in [-0.4, -0.2) is 40.0 Å². The highest BCUT2D eigenvalue weighted by Gasteiger charge is 2.41. The molecule has 2 fully saturated rings. The molecule has 3 heterocycles. The summed E-state index contributed by atoms with van der Waals surface area (Å²) in [5.74, 6) is 0.633. The van der Waals surface area contributed by atoms with Crippen LogP contribution >= 0.6 is 15.9 Å². The lowest BCUT2D eigenvalue weighted by Gasteiger charge is -2.39. The first kappa shape index (κ1) is 21.7.